The van der Waals surface area contributed by atoms with Crippen LogP contribution in [0.5, 0.6) is 5.75 Å². The van der Waals surface area contributed by atoms with Crippen LogP contribution >= 0.6 is 0 Å². The molecule has 0 fully saturated rings. The Kier molecular flexibility index (Phi) is 4.65. The molecule has 2 aliphatic rings. The van der Waals surface area contributed by atoms with E-state index in [-0.39, 0.29) is 29.4 Å². The van der Waals surface area contributed by atoms with Crippen LogP contribution in [0.25, 0.3) is 0 Å². The number of carbonyl (C=O) groups excluding carboxylic acids is 2. The van der Waals surface area contributed by atoms with Crippen molar-refractivity contribution in [2.45, 2.75) is 19.0 Å². The van der Waals surface area contributed by atoms with E-state index in [1.165, 1.54) is 21.7 Å². The van der Waals surface area contributed by atoms with Gasteiger partial charge in [-0.25, -0.2) is 8.78 Å². The highest BCUT2D eigenvalue weighted by atomic mass is 19.1. The van der Waals surface area contributed by atoms with Gasteiger partial charge in [-0.2, -0.15) is 0 Å². The number of aromatic nitrogens is 1. The van der Waals surface area contributed by atoms with Crippen LogP contribution in [0.3, 0.4) is 0 Å². The number of benzene rings is 1. The minimum Gasteiger partial charge on any atom is -0.503 e. The first-order chi connectivity index (χ1) is 13.9. The van der Waals surface area contributed by atoms with Crippen LogP contribution in [0.2, 0.25) is 0 Å². The van der Waals surface area contributed by atoms with Gasteiger partial charge in [-0.1, -0.05) is 18.2 Å². The summed E-state index contributed by atoms with van der Waals surface area (Å²) < 4.78 is 28.2. The molecular formula is C20H17F2N3O4. The van der Waals surface area contributed by atoms with Gasteiger partial charge in [-0.05, 0) is 12.5 Å². The van der Waals surface area contributed by atoms with Crippen molar-refractivity contribution < 1.29 is 23.5 Å². The molecule has 1 atom stereocenters. The van der Waals surface area contributed by atoms with Gasteiger partial charge in [-0.3, -0.25) is 14.4 Å². The molecule has 0 spiro atoms. The van der Waals surface area contributed by atoms with Crippen LogP contribution in [0.1, 0.15) is 38.9 Å². The fourth-order valence-corrected chi connectivity index (χ4v) is 3.59. The maximum absolute atomic E-state index is 13.7. The molecule has 2 aliphatic heterocycles. The zero-order chi connectivity index (χ0) is 20.7. The highest BCUT2D eigenvalue weighted by Crippen LogP contribution is 2.29. The molecule has 2 amide bonds. The molecule has 2 N–H and O–H groups in total. The number of carbonyl (C=O) groups is 2. The van der Waals surface area contributed by atoms with E-state index in [1.54, 1.807) is 0 Å². The molecule has 2 aromatic rings. The Morgan fingerprint density at radius 1 is 1.24 bits per heavy atom. The van der Waals surface area contributed by atoms with Crippen molar-refractivity contribution in [1.82, 2.24) is 14.8 Å². The van der Waals surface area contributed by atoms with Crippen LogP contribution in [0.4, 0.5) is 8.78 Å². The monoisotopic (exact) mass is 401 g/mol. The number of nitrogens with one attached hydrogen (secondary N) is 1. The summed E-state index contributed by atoms with van der Waals surface area (Å²) in [5.74, 6) is -3.67. The maximum Gasteiger partial charge on any atom is 0.274 e. The highest BCUT2D eigenvalue weighted by Gasteiger charge is 2.35. The van der Waals surface area contributed by atoms with Crippen LogP contribution in [-0.2, 0) is 6.54 Å². The lowest BCUT2D eigenvalue weighted by Crippen LogP contribution is -2.44. The quantitative estimate of drug-likeness (QED) is 0.767. The van der Waals surface area contributed by atoms with Crippen LogP contribution in [0, 0.1) is 11.6 Å². The second-order valence-electron chi connectivity index (χ2n) is 6.97. The number of rotatable bonds is 3. The van der Waals surface area contributed by atoms with Gasteiger partial charge in [0.1, 0.15) is 17.2 Å². The lowest BCUT2D eigenvalue weighted by atomic mass is 10.1. The Labute approximate surface area is 163 Å². The Morgan fingerprint density at radius 3 is 2.79 bits per heavy atom. The average Bonchev–Trinajstić information content (AvgIpc) is 2.91. The molecule has 29 heavy (non-hydrogen) atoms. The van der Waals surface area contributed by atoms with E-state index in [4.69, 9.17) is 0 Å². The molecule has 0 saturated heterocycles. The second-order valence-corrected chi connectivity index (χ2v) is 6.97. The van der Waals surface area contributed by atoms with E-state index in [9.17, 15) is 28.3 Å². The number of fused-ring (bicyclic) bond motifs is 4. The predicted octanol–water partition coefficient (Wildman–Crippen LogP) is 1.72. The molecule has 3 heterocycles. The number of pyridine rings is 1. The summed E-state index contributed by atoms with van der Waals surface area (Å²) in [6, 6.07) is 2.71. The molecule has 1 aromatic carbocycles. The van der Waals surface area contributed by atoms with Gasteiger partial charge in [0.05, 0.1) is 6.04 Å². The lowest BCUT2D eigenvalue weighted by molar-refractivity contribution is 0.0688. The van der Waals surface area contributed by atoms with E-state index >= 15 is 0 Å². The number of hydrogen-bond donors (Lipinski definition) is 2. The smallest absolute Gasteiger partial charge is 0.274 e. The van der Waals surface area contributed by atoms with Crippen LogP contribution < -0.4 is 10.7 Å². The second kappa shape index (κ2) is 7.16. The van der Waals surface area contributed by atoms with Crippen LogP contribution in [-0.4, -0.2) is 39.5 Å². The summed E-state index contributed by atoms with van der Waals surface area (Å²) in [5.41, 5.74) is -1.43. The van der Waals surface area contributed by atoms with E-state index in [1.807, 2.05) is 12.2 Å². The molecule has 9 heteroatoms. The Bertz CT molecular complexity index is 1110. The van der Waals surface area contributed by atoms with Gasteiger partial charge in [0.25, 0.3) is 11.8 Å². The summed E-state index contributed by atoms with van der Waals surface area (Å²) in [6.45, 7) is 0.503. The molecule has 1 aromatic heterocycles. The standard InChI is InChI=1S/C20H17F2N3O4/c21-12-5-4-11(15(22)7-12)8-23-19(28)14-10-25-13-3-1-2-6-24(9-13)20(29)16(25)18(27)17(14)26/h1-2,4-5,7,10,13,27H,3,6,8-9H2,(H,23,28)/t13-/m0/s1. The van der Waals surface area contributed by atoms with Crippen molar-refractivity contribution in [2.24, 2.45) is 0 Å². The number of hydrogen-bond acceptors (Lipinski definition) is 4. The van der Waals surface area contributed by atoms with E-state index < -0.39 is 34.6 Å². The largest absolute Gasteiger partial charge is 0.503 e. The van der Waals surface area contributed by atoms with Crippen molar-refractivity contribution in [3.8, 4) is 5.75 Å². The summed E-state index contributed by atoms with van der Waals surface area (Å²) >= 11 is 0. The van der Waals surface area contributed by atoms with E-state index in [2.05, 4.69) is 5.32 Å². The van der Waals surface area contributed by atoms with Crippen molar-refractivity contribution >= 4 is 11.8 Å². The predicted molar refractivity (Wildman–Crippen MR) is 98.6 cm³/mol. The van der Waals surface area contributed by atoms with Crippen LogP contribution in [0.15, 0.2) is 41.3 Å². The maximum atomic E-state index is 13.7. The van der Waals surface area contributed by atoms with Crippen molar-refractivity contribution in [2.75, 3.05) is 13.1 Å². The molecule has 150 valence electrons. The zero-order valence-corrected chi connectivity index (χ0v) is 15.2. The van der Waals surface area contributed by atoms with E-state index in [0.29, 0.717) is 25.6 Å². The summed E-state index contributed by atoms with van der Waals surface area (Å²) in [4.78, 5) is 39.2. The van der Waals surface area contributed by atoms with Crippen molar-refractivity contribution in [1.29, 1.82) is 0 Å². The number of halogens is 2. The zero-order valence-electron chi connectivity index (χ0n) is 15.2. The third-order valence-corrected chi connectivity index (χ3v) is 5.12. The Balaban J connectivity index is 1.66. The normalized spacial score (nSPS) is 17.7. The summed E-state index contributed by atoms with van der Waals surface area (Å²) in [6.07, 6.45) is 5.57. The third-order valence-electron chi connectivity index (χ3n) is 5.12. The van der Waals surface area contributed by atoms with Gasteiger partial charge >= 0.3 is 0 Å². The number of aromatic hydroxyl groups is 1. The van der Waals surface area contributed by atoms with Gasteiger partial charge in [0.2, 0.25) is 5.43 Å². The SMILES string of the molecule is O=C(NCc1ccc(F)cc1F)c1cn2c(c(O)c1=O)C(=O)N1CC=CC[C@H]2C1. The summed E-state index contributed by atoms with van der Waals surface area (Å²) in [5, 5.41) is 12.8. The molecule has 0 saturated carbocycles. The first-order valence-corrected chi connectivity index (χ1v) is 9.01. The molecule has 2 bridgehead atoms. The number of allylic oxidation sites excluding steroid dienone is 1. The number of nitrogens with zero attached hydrogens (tertiary/aromatic N) is 2. The molecule has 0 aliphatic carbocycles. The van der Waals surface area contributed by atoms with Gasteiger partial charge in [0, 0.05) is 37.5 Å². The molecule has 4 rings (SSSR count). The van der Waals surface area contributed by atoms with Crippen molar-refractivity contribution in [3.05, 3.63) is 75.2 Å². The molecule has 0 unspecified atom stereocenters. The minimum absolute atomic E-state index is 0.0433. The average molecular weight is 401 g/mol. The fraction of sp³-hybridized carbons (Fsp3) is 0.250. The first-order valence-electron chi connectivity index (χ1n) is 9.01. The van der Waals surface area contributed by atoms with Gasteiger partial charge in [-0.15, -0.1) is 0 Å². The van der Waals surface area contributed by atoms with Gasteiger partial charge in [0.15, 0.2) is 11.4 Å². The third kappa shape index (κ3) is 3.28. The number of amides is 2. The van der Waals surface area contributed by atoms with Gasteiger partial charge < -0.3 is 19.9 Å². The Hall–Kier alpha value is -3.49. The molecule has 7 nitrogen and oxygen atoms in total. The first kappa shape index (κ1) is 18.9. The molecular weight excluding hydrogens is 384 g/mol. The topological polar surface area (TPSA) is 91.6 Å². The Morgan fingerprint density at radius 2 is 2.03 bits per heavy atom. The fourth-order valence-electron chi connectivity index (χ4n) is 3.59. The lowest BCUT2D eigenvalue weighted by Gasteiger charge is -2.34. The van der Waals surface area contributed by atoms with E-state index in [0.717, 1.165) is 6.07 Å². The minimum atomic E-state index is -0.977. The summed E-state index contributed by atoms with van der Waals surface area (Å²) in [7, 11) is 0. The van der Waals surface area contributed by atoms with Crippen molar-refractivity contribution in [3.63, 3.8) is 0 Å². The molecule has 0 radical (unpaired) electrons. The highest BCUT2D eigenvalue weighted by molar-refractivity contribution is 5.99.